The molecule has 12 nitrogen and oxygen atoms in total. The van der Waals surface area contributed by atoms with Crippen molar-refractivity contribution >= 4 is 46.5 Å². The largest absolute Gasteiger partial charge is 0.375 e. The summed E-state index contributed by atoms with van der Waals surface area (Å²) >= 11 is 1.26. The average Bonchev–Trinajstić information content (AvgIpc) is 3.38. The molecule has 7 N–H and O–H groups in total. The molecule has 0 radical (unpaired) electrons. The van der Waals surface area contributed by atoms with Crippen molar-refractivity contribution in [3.05, 3.63) is 30.3 Å². The molecule has 1 aliphatic rings. The van der Waals surface area contributed by atoms with Gasteiger partial charge in [-0.2, -0.15) is 5.21 Å². The molecular formula is C18H18N8O4S3. The van der Waals surface area contributed by atoms with Crippen molar-refractivity contribution in [1.29, 1.82) is 0 Å². The number of benzene rings is 2. The number of fused-ring (bicyclic) bond motifs is 1. The second kappa shape index (κ2) is 7.53. The van der Waals surface area contributed by atoms with Gasteiger partial charge in [0.2, 0.25) is 15.8 Å². The molecule has 2 heterocycles. The van der Waals surface area contributed by atoms with Crippen molar-refractivity contribution < 1.29 is 16.8 Å². The van der Waals surface area contributed by atoms with Gasteiger partial charge in [-0.15, -0.1) is 10.2 Å². The van der Waals surface area contributed by atoms with E-state index >= 15 is 0 Å². The van der Waals surface area contributed by atoms with Crippen LogP contribution in [0.1, 0.15) is 12.8 Å². The molecule has 0 saturated heterocycles. The lowest BCUT2D eigenvalue weighted by molar-refractivity contribution is 0.408. The second-order valence-corrected chi connectivity index (χ2v) is 12.5. The van der Waals surface area contributed by atoms with Crippen molar-refractivity contribution in [3.8, 4) is 22.5 Å². The van der Waals surface area contributed by atoms with Crippen molar-refractivity contribution in [2.45, 2.75) is 33.9 Å². The van der Waals surface area contributed by atoms with Gasteiger partial charge in [-0.25, -0.2) is 27.0 Å². The number of H-pyrrole nitrogens is 1. The number of primary sulfonamides is 1. The number of hydrogen-bond donors (Lipinski definition) is 4. The number of nitrogens with two attached hydrogens (primary N) is 3. The van der Waals surface area contributed by atoms with Crippen LogP contribution in [0.5, 0.6) is 0 Å². The molecule has 0 unspecified atom stereocenters. The molecule has 5 rings (SSSR count). The van der Waals surface area contributed by atoms with E-state index in [2.05, 4.69) is 25.6 Å². The SMILES string of the molecule is Nc1nc2c(-c3ccc(S(=O)(=O)[C@H]4C[C@@H](N)C4)c(S(N)(=O)=O)c3-c3nn[nH]n3)cccc2s1. The Bertz CT molecular complexity index is 1590. The molecule has 172 valence electrons. The van der Waals surface area contributed by atoms with Gasteiger partial charge in [-0.05, 0) is 35.8 Å². The molecule has 15 heteroatoms. The average molecular weight is 507 g/mol. The van der Waals surface area contributed by atoms with Gasteiger partial charge in [0, 0.05) is 11.6 Å². The van der Waals surface area contributed by atoms with Crippen LogP contribution in [0.15, 0.2) is 40.1 Å². The Labute approximate surface area is 192 Å². The summed E-state index contributed by atoms with van der Waals surface area (Å²) in [5.74, 6) is -0.128. The van der Waals surface area contributed by atoms with E-state index in [1.54, 1.807) is 12.1 Å². The number of nitrogens with zero attached hydrogens (tertiary/aromatic N) is 4. The molecule has 2 aromatic carbocycles. The summed E-state index contributed by atoms with van der Waals surface area (Å²) in [7, 11) is -8.62. The lowest BCUT2D eigenvalue weighted by atomic mass is 9.93. The smallest absolute Gasteiger partial charge is 0.240 e. The number of sulfone groups is 1. The molecule has 1 saturated carbocycles. The molecule has 0 atom stereocenters. The van der Waals surface area contributed by atoms with E-state index in [0.717, 1.165) is 4.70 Å². The minimum Gasteiger partial charge on any atom is -0.375 e. The van der Waals surface area contributed by atoms with Gasteiger partial charge in [0.25, 0.3) is 0 Å². The molecule has 0 aliphatic heterocycles. The number of aromatic nitrogens is 5. The van der Waals surface area contributed by atoms with Crippen molar-refractivity contribution in [2.75, 3.05) is 5.73 Å². The maximum absolute atomic E-state index is 13.3. The molecule has 4 aromatic rings. The summed E-state index contributed by atoms with van der Waals surface area (Å²) in [6, 6.07) is 7.77. The summed E-state index contributed by atoms with van der Waals surface area (Å²) in [5.41, 5.74) is 12.9. The third-order valence-electron chi connectivity index (χ3n) is 5.58. The van der Waals surface area contributed by atoms with Crippen molar-refractivity contribution in [1.82, 2.24) is 25.6 Å². The first-order valence-corrected chi connectivity index (χ1v) is 13.6. The van der Waals surface area contributed by atoms with Gasteiger partial charge in [0.05, 0.1) is 25.9 Å². The molecule has 1 fully saturated rings. The van der Waals surface area contributed by atoms with Gasteiger partial charge in [0.1, 0.15) is 4.90 Å². The highest BCUT2D eigenvalue weighted by Gasteiger charge is 2.41. The van der Waals surface area contributed by atoms with E-state index in [4.69, 9.17) is 16.6 Å². The Balaban J connectivity index is 1.88. The normalized spacial score (nSPS) is 19.0. The Morgan fingerprint density at radius 1 is 1.06 bits per heavy atom. The number of hydrogen-bond acceptors (Lipinski definition) is 11. The molecule has 2 aromatic heterocycles. The molecule has 0 amide bonds. The summed E-state index contributed by atoms with van der Waals surface area (Å²) in [6.45, 7) is 0. The number of nitrogens with one attached hydrogen (secondary N) is 1. The quantitative estimate of drug-likeness (QED) is 0.296. The standard InChI is InChI=1S/C18H18N8O4S3/c19-8-6-9(7-8)32(27,28)13-5-4-10(11-2-1-3-12-15(11)22-18(20)31-12)14(16(13)33(21,29)30)17-23-25-26-24-17/h1-5,8-9H,6-7,19H2,(H2,20,22)(H2,21,29,30)(H,23,24,25,26)/t8-,9+. The zero-order valence-corrected chi connectivity index (χ0v) is 19.3. The summed E-state index contributed by atoms with van der Waals surface area (Å²) < 4.78 is 53.1. The van der Waals surface area contributed by atoms with Crippen LogP contribution in [0.2, 0.25) is 0 Å². The molecule has 0 bridgehead atoms. The zero-order chi connectivity index (χ0) is 23.5. The highest BCUT2D eigenvalue weighted by molar-refractivity contribution is 7.94. The van der Waals surface area contributed by atoms with E-state index in [-0.39, 0.29) is 30.3 Å². The lowest BCUT2D eigenvalue weighted by Gasteiger charge is -2.32. The van der Waals surface area contributed by atoms with Crippen LogP contribution >= 0.6 is 11.3 Å². The van der Waals surface area contributed by atoms with Crippen LogP contribution in [0.3, 0.4) is 0 Å². The van der Waals surface area contributed by atoms with Crippen LogP contribution in [0.25, 0.3) is 32.7 Å². The first-order valence-electron chi connectivity index (χ1n) is 9.66. The molecule has 1 aliphatic carbocycles. The lowest BCUT2D eigenvalue weighted by Crippen LogP contribution is -2.45. The van der Waals surface area contributed by atoms with E-state index in [1.165, 1.54) is 23.5 Å². The fraction of sp³-hybridized carbons (Fsp3) is 0.222. The number of thiazole rings is 1. The number of rotatable bonds is 5. The van der Waals surface area contributed by atoms with Gasteiger partial charge in [0.15, 0.2) is 15.0 Å². The molecule has 33 heavy (non-hydrogen) atoms. The minimum atomic E-state index is -4.56. The number of sulfonamides is 1. The van der Waals surface area contributed by atoms with Crippen LogP contribution in [0, 0.1) is 0 Å². The Morgan fingerprint density at radius 2 is 1.82 bits per heavy atom. The summed E-state index contributed by atoms with van der Waals surface area (Å²) in [4.78, 5) is 3.34. The minimum absolute atomic E-state index is 0.0879. The second-order valence-electron chi connectivity index (χ2n) is 7.70. The van der Waals surface area contributed by atoms with E-state index in [1.807, 2.05) is 6.07 Å². The topological polar surface area (TPSA) is 214 Å². The predicted molar refractivity (Wildman–Crippen MR) is 122 cm³/mol. The predicted octanol–water partition coefficient (Wildman–Crippen LogP) is 0.636. The van der Waals surface area contributed by atoms with Crippen LogP contribution in [-0.2, 0) is 19.9 Å². The highest BCUT2D eigenvalue weighted by atomic mass is 32.2. The highest BCUT2D eigenvalue weighted by Crippen LogP contribution is 2.43. The van der Waals surface area contributed by atoms with E-state index in [0.29, 0.717) is 21.8 Å². The van der Waals surface area contributed by atoms with Gasteiger partial charge >= 0.3 is 0 Å². The first-order chi connectivity index (χ1) is 15.6. The van der Waals surface area contributed by atoms with Crippen LogP contribution in [-0.4, -0.2) is 53.7 Å². The monoisotopic (exact) mass is 506 g/mol. The van der Waals surface area contributed by atoms with Gasteiger partial charge < -0.3 is 11.5 Å². The van der Waals surface area contributed by atoms with Gasteiger partial charge in [-0.1, -0.05) is 29.5 Å². The third-order valence-corrected chi connectivity index (χ3v) is 9.77. The Morgan fingerprint density at radius 3 is 2.45 bits per heavy atom. The van der Waals surface area contributed by atoms with Crippen molar-refractivity contribution in [3.63, 3.8) is 0 Å². The molecule has 0 spiro atoms. The number of tetrazole rings is 1. The van der Waals surface area contributed by atoms with E-state index < -0.39 is 34.9 Å². The number of nitrogen functional groups attached to an aromatic ring is 1. The fourth-order valence-electron chi connectivity index (χ4n) is 4.01. The number of anilines is 1. The number of para-hydroxylation sites is 1. The fourth-order valence-corrected chi connectivity index (χ4v) is 8.28. The maximum atomic E-state index is 13.3. The Kier molecular flexibility index (Phi) is 4.98. The zero-order valence-electron chi connectivity index (χ0n) is 16.8. The summed E-state index contributed by atoms with van der Waals surface area (Å²) in [6.07, 6.45) is 0.451. The van der Waals surface area contributed by atoms with Crippen molar-refractivity contribution in [2.24, 2.45) is 10.9 Å². The molecular weight excluding hydrogens is 488 g/mol. The Hall–Kier alpha value is -2.98. The van der Waals surface area contributed by atoms with E-state index in [9.17, 15) is 16.8 Å². The number of aromatic amines is 1. The maximum Gasteiger partial charge on any atom is 0.240 e. The summed E-state index contributed by atoms with van der Waals surface area (Å²) in [5, 5.41) is 18.7. The van der Waals surface area contributed by atoms with Crippen LogP contribution in [0.4, 0.5) is 5.13 Å². The van der Waals surface area contributed by atoms with Crippen LogP contribution < -0.4 is 16.6 Å². The third kappa shape index (κ3) is 3.57. The first kappa shape index (κ1) is 21.8. The van der Waals surface area contributed by atoms with Gasteiger partial charge in [-0.3, -0.25) is 0 Å².